The molecule has 2 rings (SSSR count). The third-order valence-electron chi connectivity index (χ3n) is 3.68. The van der Waals surface area contributed by atoms with Crippen LogP contribution in [0.25, 0.3) is 0 Å². The lowest BCUT2D eigenvalue weighted by atomic mass is 10.2. The molecule has 1 N–H and O–H groups in total. The Bertz CT molecular complexity index is 441. The van der Waals surface area contributed by atoms with E-state index in [-0.39, 0.29) is 12.5 Å². The lowest BCUT2D eigenvalue weighted by Crippen LogP contribution is -2.36. The Morgan fingerprint density at radius 2 is 2.00 bits per heavy atom. The summed E-state index contributed by atoms with van der Waals surface area (Å²) in [7, 11) is 3.38. The first-order valence-electron chi connectivity index (χ1n) is 7.06. The molecule has 0 aromatic carbocycles. The molecule has 110 valence electrons. The molecule has 6 heteroatoms. The zero-order valence-electron chi connectivity index (χ0n) is 12.1. The summed E-state index contributed by atoms with van der Waals surface area (Å²) in [6, 6.07) is 3.94. The molecule has 1 aliphatic carbocycles. The molecule has 1 aromatic rings. The Morgan fingerprint density at radius 3 is 2.50 bits per heavy atom. The molecule has 1 aliphatic rings. The van der Waals surface area contributed by atoms with Crippen LogP contribution in [-0.2, 0) is 0 Å². The van der Waals surface area contributed by atoms with Crippen molar-refractivity contribution in [1.82, 2.24) is 15.1 Å². The van der Waals surface area contributed by atoms with Gasteiger partial charge in [-0.05, 0) is 25.0 Å². The van der Waals surface area contributed by atoms with E-state index in [9.17, 15) is 9.90 Å². The predicted octanol–water partition coefficient (Wildman–Crippen LogP) is 0.920. The first-order chi connectivity index (χ1) is 9.63. The van der Waals surface area contributed by atoms with Crippen LogP contribution in [-0.4, -0.2) is 59.4 Å². The van der Waals surface area contributed by atoms with Gasteiger partial charge in [-0.25, -0.2) is 0 Å². The second-order valence-corrected chi connectivity index (χ2v) is 5.33. The molecule has 0 radical (unpaired) electrons. The number of aliphatic hydroxyl groups is 1. The fraction of sp³-hybridized carbons (Fsp3) is 0.643. The largest absolute Gasteiger partial charge is 0.395 e. The summed E-state index contributed by atoms with van der Waals surface area (Å²) >= 11 is 0. The number of hydrogen-bond donors (Lipinski definition) is 1. The highest BCUT2D eigenvalue weighted by Crippen LogP contribution is 2.26. The average molecular weight is 278 g/mol. The van der Waals surface area contributed by atoms with Crippen LogP contribution < -0.4 is 4.90 Å². The van der Waals surface area contributed by atoms with Gasteiger partial charge in [-0.2, -0.15) is 0 Å². The van der Waals surface area contributed by atoms with Gasteiger partial charge in [-0.1, -0.05) is 12.8 Å². The van der Waals surface area contributed by atoms with Crippen LogP contribution in [0.15, 0.2) is 12.1 Å². The smallest absolute Gasteiger partial charge is 0.273 e. The minimum absolute atomic E-state index is 0.0938. The van der Waals surface area contributed by atoms with Crippen LogP contribution in [0.3, 0.4) is 0 Å². The summed E-state index contributed by atoms with van der Waals surface area (Å²) < 4.78 is 0. The Labute approximate surface area is 119 Å². The standard InChI is InChI=1S/C14H22N4O2/c1-17(2)14(20)12-7-8-13(16-15-12)18(9-10-19)11-5-3-4-6-11/h7-8,11,19H,3-6,9-10H2,1-2H3. The van der Waals surface area contributed by atoms with Crippen LogP contribution in [0.1, 0.15) is 36.2 Å². The van der Waals surface area contributed by atoms with E-state index < -0.39 is 0 Å². The molecule has 0 unspecified atom stereocenters. The quantitative estimate of drug-likeness (QED) is 0.867. The third kappa shape index (κ3) is 3.25. The summed E-state index contributed by atoms with van der Waals surface area (Å²) in [5.74, 6) is 0.583. The highest BCUT2D eigenvalue weighted by Gasteiger charge is 2.24. The summed E-state index contributed by atoms with van der Waals surface area (Å²) in [5.41, 5.74) is 0.342. The van der Waals surface area contributed by atoms with Crippen LogP contribution >= 0.6 is 0 Å². The lowest BCUT2D eigenvalue weighted by Gasteiger charge is -2.29. The van der Waals surface area contributed by atoms with Crippen LogP contribution in [0.4, 0.5) is 5.82 Å². The van der Waals surface area contributed by atoms with E-state index in [1.165, 1.54) is 17.7 Å². The first-order valence-corrected chi connectivity index (χ1v) is 7.06. The molecule has 0 aliphatic heterocycles. The Balaban J connectivity index is 2.15. The molecule has 1 aromatic heterocycles. The molecular weight excluding hydrogens is 256 g/mol. The van der Waals surface area contributed by atoms with Crippen molar-refractivity contribution in [1.29, 1.82) is 0 Å². The summed E-state index contributed by atoms with van der Waals surface area (Å²) in [5, 5.41) is 17.4. The van der Waals surface area contributed by atoms with Crippen molar-refractivity contribution in [3.63, 3.8) is 0 Å². The van der Waals surface area contributed by atoms with Gasteiger partial charge in [0.25, 0.3) is 5.91 Å². The molecular formula is C14H22N4O2. The van der Waals surface area contributed by atoms with Gasteiger partial charge >= 0.3 is 0 Å². The number of aliphatic hydroxyl groups excluding tert-OH is 1. The zero-order valence-corrected chi connectivity index (χ0v) is 12.1. The van der Waals surface area contributed by atoms with Crippen molar-refractivity contribution >= 4 is 11.7 Å². The lowest BCUT2D eigenvalue weighted by molar-refractivity contribution is 0.0821. The second-order valence-electron chi connectivity index (χ2n) is 5.33. The number of anilines is 1. The molecule has 1 heterocycles. The summed E-state index contributed by atoms with van der Waals surface area (Å²) in [4.78, 5) is 15.4. The predicted molar refractivity (Wildman–Crippen MR) is 76.7 cm³/mol. The van der Waals surface area contributed by atoms with E-state index >= 15 is 0 Å². The van der Waals surface area contributed by atoms with Gasteiger partial charge in [-0.15, -0.1) is 10.2 Å². The molecule has 0 spiro atoms. The topological polar surface area (TPSA) is 69.6 Å². The van der Waals surface area contributed by atoms with Crippen molar-refractivity contribution in [2.24, 2.45) is 0 Å². The number of aromatic nitrogens is 2. The van der Waals surface area contributed by atoms with E-state index in [1.807, 2.05) is 6.07 Å². The van der Waals surface area contributed by atoms with E-state index in [0.29, 0.717) is 18.3 Å². The Morgan fingerprint density at radius 1 is 1.30 bits per heavy atom. The number of amides is 1. The Kier molecular flexibility index (Phi) is 4.89. The van der Waals surface area contributed by atoms with Gasteiger partial charge < -0.3 is 14.9 Å². The van der Waals surface area contributed by atoms with Crippen molar-refractivity contribution in [3.8, 4) is 0 Å². The maximum atomic E-state index is 11.8. The van der Waals surface area contributed by atoms with Crippen molar-refractivity contribution in [2.75, 3.05) is 32.1 Å². The van der Waals surface area contributed by atoms with Crippen LogP contribution in [0, 0.1) is 0 Å². The first kappa shape index (κ1) is 14.7. The maximum Gasteiger partial charge on any atom is 0.273 e. The van der Waals surface area contributed by atoms with E-state index in [1.54, 1.807) is 20.2 Å². The summed E-state index contributed by atoms with van der Waals surface area (Å²) in [6.45, 7) is 0.650. The van der Waals surface area contributed by atoms with Crippen LogP contribution in [0.2, 0.25) is 0 Å². The maximum absolute atomic E-state index is 11.8. The second kappa shape index (κ2) is 6.65. The van der Waals surface area contributed by atoms with Gasteiger partial charge in [-0.3, -0.25) is 4.79 Å². The van der Waals surface area contributed by atoms with Gasteiger partial charge in [0.2, 0.25) is 0 Å². The highest BCUT2D eigenvalue weighted by molar-refractivity contribution is 5.91. The highest BCUT2D eigenvalue weighted by atomic mass is 16.3. The van der Waals surface area contributed by atoms with Crippen molar-refractivity contribution in [2.45, 2.75) is 31.7 Å². The van der Waals surface area contributed by atoms with Gasteiger partial charge in [0, 0.05) is 26.7 Å². The fourth-order valence-electron chi connectivity index (χ4n) is 2.63. The van der Waals surface area contributed by atoms with E-state index in [4.69, 9.17) is 0 Å². The third-order valence-corrected chi connectivity index (χ3v) is 3.68. The molecule has 0 saturated heterocycles. The molecule has 6 nitrogen and oxygen atoms in total. The summed E-state index contributed by atoms with van der Waals surface area (Å²) in [6.07, 6.45) is 4.69. The molecule has 1 saturated carbocycles. The normalized spacial score (nSPS) is 15.3. The fourth-order valence-corrected chi connectivity index (χ4v) is 2.63. The Hall–Kier alpha value is -1.69. The van der Waals surface area contributed by atoms with Crippen molar-refractivity contribution < 1.29 is 9.90 Å². The number of carbonyl (C=O) groups is 1. The van der Waals surface area contributed by atoms with Gasteiger partial charge in [0.1, 0.15) is 0 Å². The zero-order chi connectivity index (χ0) is 14.5. The minimum Gasteiger partial charge on any atom is -0.395 e. The monoisotopic (exact) mass is 278 g/mol. The van der Waals surface area contributed by atoms with Gasteiger partial charge in [0.15, 0.2) is 11.5 Å². The molecule has 1 fully saturated rings. The minimum atomic E-state index is -0.154. The SMILES string of the molecule is CN(C)C(=O)c1ccc(N(CCO)C2CCCC2)nn1. The number of carbonyl (C=O) groups excluding carboxylic acids is 1. The number of nitrogens with zero attached hydrogens (tertiary/aromatic N) is 4. The van der Waals surface area contributed by atoms with Crippen LogP contribution in [0.5, 0.6) is 0 Å². The molecule has 1 amide bonds. The van der Waals surface area contributed by atoms with E-state index in [2.05, 4.69) is 15.1 Å². The van der Waals surface area contributed by atoms with Crippen molar-refractivity contribution in [3.05, 3.63) is 17.8 Å². The van der Waals surface area contributed by atoms with Gasteiger partial charge in [0.05, 0.1) is 6.61 Å². The van der Waals surface area contributed by atoms with E-state index in [0.717, 1.165) is 18.7 Å². The molecule has 0 bridgehead atoms. The molecule has 20 heavy (non-hydrogen) atoms. The molecule has 0 atom stereocenters. The number of hydrogen-bond acceptors (Lipinski definition) is 5. The average Bonchev–Trinajstić information content (AvgIpc) is 2.98. The number of rotatable bonds is 5.